The molecule has 2 atom stereocenters. The summed E-state index contributed by atoms with van der Waals surface area (Å²) in [7, 11) is 0. The lowest BCUT2D eigenvalue weighted by Crippen LogP contribution is -2.21. The zero-order chi connectivity index (χ0) is 15.3. The van der Waals surface area contributed by atoms with Crippen molar-refractivity contribution in [2.24, 2.45) is 0 Å². The maximum Gasteiger partial charge on any atom is 0.335 e. The average Bonchev–Trinajstić information content (AvgIpc) is 2.38. The summed E-state index contributed by atoms with van der Waals surface area (Å²) in [6.45, 7) is 3.48. The third-order valence-electron chi connectivity index (χ3n) is 2.64. The molecule has 2 unspecified atom stereocenters. The number of halogens is 1. The first-order valence-corrected chi connectivity index (χ1v) is 7.36. The van der Waals surface area contributed by atoms with Crippen LogP contribution in [-0.2, 0) is 4.79 Å². The first-order chi connectivity index (χ1) is 9.31. The lowest BCUT2D eigenvalue weighted by molar-refractivity contribution is -0.113. The highest BCUT2D eigenvalue weighted by Crippen LogP contribution is 2.23. The molecule has 0 aromatic heterocycles. The number of rotatable bonds is 6. The number of carboxylic acid groups (broad SMARTS) is 1. The number of carbonyl (C=O) groups is 2. The summed E-state index contributed by atoms with van der Waals surface area (Å²) in [5.74, 6) is -1.24. The summed E-state index contributed by atoms with van der Waals surface area (Å²) in [5, 5.41) is 21.0. The third-order valence-corrected chi connectivity index (χ3v) is 4.32. The standard InChI is InChI=1S/C13H16ClNO4S/c1-7(16)8(2)20-6-12(17)15-11-5-9(13(18)19)3-4-10(11)14/h3-5,7-8,16H,6H2,1-2H3,(H,15,17)(H,18,19). The summed E-state index contributed by atoms with van der Waals surface area (Å²) in [4.78, 5) is 22.6. The van der Waals surface area contributed by atoms with E-state index in [1.807, 2.05) is 6.92 Å². The third kappa shape index (κ3) is 5.03. The van der Waals surface area contributed by atoms with Crippen molar-refractivity contribution in [3.05, 3.63) is 28.8 Å². The molecule has 20 heavy (non-hydrogen) atoms. The number of benzene rings is 1. The quantitative estimate of drug-likeness (QED) is 0.750. The molecular weight excluding hydrogens is 302 g/mol. The van der Waals surface area contributed by atoms with Gasteiger partial charge in [-0.3, -0.25) is 4.79 Å². The molecule has 1 amide bonds. The van der Waals surface area contributed by atoms with Crippen LogP contribution in [0.1, 0.15) is 24.2 Å². The molecular formula is C13H16ClNO4S. The molecule has 7 heteroatoms. The van der Waals surface area contributed by atoms with E-state index < -0.39 is 12.1 Å². The predicted molar refractivity (Wildman–Crippen MR) is 80.6 cm³/mol. The molecule has 1 rings (SSSR count). The second kappa shape index (κ2) is 7.52. The van der Waals surface area contributed by atoms with Gasteiger partial charge in [0.2, 0.25) is 5.91 Å². The summed E-state index contributed by atoms with van der Waals surface area (Å²) in [6.07, 6.45) is -0.508. The normalized spacial score (nSPS) is 13.6. The number of carbonyl (C=O) groups excluding carboxylic acids is 1. The van der Waals surface area contributed by atoms with E-state index in [-0.39, 0.29) is 33.2 Å². The number of amides is 1. The van der Waals surface area contributed by atoms with Crippen LogP contribution in [-0.4, -0.2) is 39.2 Å². The van der Waals surface area contributed by atoms with Crippen LogP contribution in [0, 0.1) is 0 Å². The summed E-state index contributed by atoms with van der Waals surface area (Å²) in [5.41, 5.74) is 0.316. The van der Waals surface area contributed by atoms with Gasteiger partial charge in [-0.25, -0.2) is 4.79 Å². The van der Waals surface area contributed by atoms with E-state index in [4.69, 9.17) is 16.7 Å². The van der Waals surface area contributed by atoms with Gasteiger partial charge < -0.3 is 15.5 Å². The van der Waals surface area contributed by atoms with Crippen LogP contribution < -0.4 is 5.32 Å². The first-order valence-electron chi connectivity index (χ1n) is 5.93. The molecule has 0 bridgehead atoms. The molecule has 0 radical (unpaired) electrons. The number of anilines is 1. The van der Waals surface area contributed by atoms with E-state index in [0.29, 0.717) is 0 Å². The van der Waals surface area contributed by atoms with Crippen LogP contribution in [0.5, 0.6) is 0 Å². The number of thioether (sulfide) groups is 1. The number of aliphatic hydroxyl groups is 1. The Kier molecular flexibility index (Phi) is 6.32. The average molecular weight is 318 g/mol. The second-order valence-electron chi connectivity index (χ2n) is 4.30. The van der Waals surface area contributed by atoms with Gasteiger partial charge in [-0.05, 0) is 25.1 Å². The fraction of sp³-hybridized carbons (Fsp3) is 0.385. The number of aromatic carboxylic acids is 1. The van der Waals surface area contributed by atoms with Crippen LogP contribution in [0.3, 0.4) is 0 Å². The second-order valence-corrected chi connectivity index (χ2v) is 6.08. The topological polar surface area (TPSA) is 86.6 Å². The molecule has 0 saturated heterocycles. The Morgan fingerprint density at radius 2 is 2.05 bits per heavy atom. The van der Waals surface area contributed by atoms with E-state index in [9.17, 15) is 14.7 Å². The van der Waals surface area contributed by atoms with Gasteiger partial charge in [0.1, 0.15) is 0 Å². The minimum Gasteiger partial charge on any atom is -0.478 e. The molecule has 1 aromatic rings. The molecule has 3 N–H and O–H groups in total. The van der Waals surface area contributed by atoms with Crippen molar-refractivity contribution in [1.82, 2.24) is 0 Å². The van der Waals surface area contributed by atoms with Crippen molar-refractivity contribution < 1.29 is 19.8 Å². The Bertz CT molecular complexity index is 507. The zero-order valence-electron chi connectivity index (χ0n) is 11.1. The van der Waals surface area contributed by atoms with Crippen LogP contribution in [0.2, 0.25) is 5.02 Å². The highest BCUT2D eigenvalue weighted by Gasteiger charge is 2.13. The molecule has 110 valence electrons. The molecule has 0 fully saturated rings. The Morgan fingerprint density at radius 3 is 2.60 bits per heavy atom. The highest BCUT2D eigenvalue weighted by molar-refractivity contribution is 8.00. The van der Waals surface area contributed by atoms with Gasteiger partial charge in [0, 0.05) is 5.25 Å². The summed E-state index contributed by atoms with van der Waals surface area (Å²) in [6, 6.07) is 4.10. The lowest BCUT2D eigenvalue weighted by Gasteiger charge is -2.14. The maximum absolute atomic E-state index is 11.8. The maximum atomic E-state index is 11.8. The first kappa shape index (κ1) is 16.8. The molecule has 0 aliphatic rings. The van der Waals surface area contributed by atoms with Crippen molar-refractivity contribution in [2.75, 3.05) is 11.1 Å². The fourth-order valence-electron chi connectivity index (χ4n) is 1.29. The van der Waals surface area contributed by atoms with Gasteiger partial charge in [-0.1, -0.05) is 18.5 Å². The van der Waals surface area contributed by atoms with Gasteiger partial charge in [0.15, 0.2) is 0 Å². The van der Waals surface area contributed by atoms with Crippen molar-refractivity contribution in [3.63, 3.8) is 0 Å². The van der Waals surface area contributed by atoms with Crippen molar-refractivity contribution in [2.45, 2.75) is 25.2 Å². The van der Waals surface area contributed by atoms with Gasteiger partial charge in [0.25, 0.3) is 0 Å². The molecule has 0 aliphatic carbocycles. The Morgan fingerprint density at radius 1 is 1.40 bits per heavy atom. The van der Waals surface area contributed by atoms with Crippen LogP contribution >= 0.6 is 23.4 Å². The van der Waals surface area contributed by atoms with Crippen molar-refractivity contribution in [1.29, 1.82) is 0 Å². The molecule has 1 aromatic carbocycles. The minimum absolute atomic E-state index is 0.0506. The Balaban J connectivity index is 2.66. The number of nitrogens with one attached hydrogen (secondary N) is 1. The van der Waals surface area contributed by atoms with Gasteiger partial charge in [-0.2, -0.15) is 0 Å². The zero-order valence-corrected chi connectivity index (χ0v) is 12.7. The van der Waals surface area contributed by atoms with Crippen LogP contribution in [0.25, 0.3) is 0 Å². The fourth-order valence-corrected chi connectivity index (χ4v) is 2.22. The van der Waals surface area contributed by atoms with Gasteiger partial charge >= 0.3 is 5.97 Å². The van der Waals surface area contributed by atoms with E-state index in [2.05, 4.69) is 5.32 Å². The minimum atomic E-state index is -1.09. The Labute approximate surface area is 126 Å². The van der Waals surface area contributed by atoms with Crippen LogP contribution in [0.4, 0.5) is 5.69 Å². The molecule has 0 saturated carbocycles. The van der Waals surface area contributed by atoms with Crippen LogP contribution in [0.15, 0.2) is 18.2 Å². The molecule has 0 aliphatic heterocycles. The molecule has 5 nitrogen and oxygen atoms in total. The monoisotopic (exact) mass is 317 g/mol. The lowest BCUT2D eigenvalue weighted by atomic mass is 10.2. The number of hydrogen-bond donors (Lipinski definition) is 3. The van der Waals surface area contributed by atoms with E-state index >= 15 is 0 Å². The Hall–Kier alpha value is -1.24. The van der Waals surface area contributed by atoms with Gasteiger partial charge in [-0.15, -0.1) is 11.8 Å². The number of aliphatic hydroxyl groups excluding tert-OH is 1. The molecule has 0 spiro atoms. The number of carboxylic acids is 1. The highest BCUT2D eigenvalue weighted by atomic mass is 35.5. The molecule has 0 heterocycles. The summed E-state index contributed by atoms with van der Waals surface area (Å²) >= 11 is 7.21. The summed E-state index contributed by atoms with van der Waals surface area (Å²) < 4.78 is 0. The van der Waals surface area contributed by atoms with Crippen molar-refractivity contribution >= 4 is 40.9 Å². The number of hydrogen-bond acceptors (Lipinski definition) is 4. The van der Waals surface area contributed by atoms with E-state index in [1.165, 1.54) is 30.0 Å². The largest absolute Gasteiger partial charge is 0.478 e. The van der Waals surface area contributed by atoms with E-state index in [0.717, 1.165) is 0 Å². The van der Waals surface area contributed by atoms with Gasteiger partial charge in [0.05, 0.1) is 28.1 Å². The predicted octanol–water partition coefficient (Wildman–Crippen LogP) is 2.48. The van der Waals surface area contributed by atoms with Crippen molar-refractivity contribution in [3.8, 4) is 0 Å². The van der Waals surface area contributed by atoms with E-state index in [1.54, 1.807) is 6.92 Å². The smallest absolute Gasteiger partial charge is 0.335 e. The SMILES string of the molecule is CC(O)C(C)SCC(=O)Nc1cc(C(=O)O)ccc1Cl.